The molecule has 1 aliphatic heterocycles. The SMILES string of the molecule is CC(NC(=O)C1CCCN(S(=O)c2ccccc2)C1)c1ccccc1. The van der Waals surface area contributed by atoms with Gasteiger partial charge in [-0.05, 0) is 37.5 Å². The van der Waals surface area contributed by atoms with Gasteiger partial charge in [-0.25, -0.2) is 8.51 Å². The summed E-state index contributed by atoms with van der Waals surface area (Å²) in [6, 6.07) is 19.4. The van der Waals surface area contributed by atoms with Crippen LogP contribution in [-0.4, -0.2) is 27.5 Å². The highest BCUT2D eigenvalue weighted by atomic mass is 32.2. The molecule has 1 aliphatic rings. The number of piperidine rings is 1. The van der Waals surface area contributed by atoms with Crippen molar-refractivity contribution in [2.24, 2.45) is 5.92 Å². The predicted octanol–water partition coefficient (Wildman–Crippen LogP) is 3.30. The predicted molar refractivity (Wildman–Crippen MR) is 100 cm³/mol. The summed E-state index contributed by atoms with van der Waals surface area (Å²) in [7, 11) is -1.20. The van der Waals surface area contributed by atoms with E-state index in [4.69, 9.17) is 0 Å². The third-order valence-electron chi connectivity index (χ3n) is 4.59. The Bertz CT molecular complexity index is 721. The van der Waals surface area contributed by atoms with E-state index in [1.54, 1.807) is 0 Å². The van der Waals surface area contributed by atoms with Crippen LogP contribution in [0.1, 0.15) is 31.4 Å². The van der Waals surface area contributed by atoms with Crippen LogP contribution in [-0.2, 0) is 15.8 Å². The quantitative estimate of drug-likeness (QED) is 0.894. The van der Waals surface area contributed by atoms with Crippen molar-refractivity contribution < 1.29 is 9.00 Å². The Morgan fingerprint density at radius 2 is 1.76 bits per heavy atom. The van der Waals surface area contributed by atoms with E-state index in [1.807, 2.05) is 71.9 Å². The van der Waals surface area contributed by atoms with Gasteiger partial charge in [-0.2, -0.15) is 0 Å². The van der Waals surface area contributed by atoms with E-state index in [0.717, 1.165) is 29.8 Å². The van der Waals surface area contributed by atoms with Crippen molar-refractivity contribution in [3.05, 3.63) is 66.2 Å². The van der Waals surface area contributed by atoms with Crippen molar-refractivity contribution in [1.82, 2.24) is 9.62 Å². The second-order valence-electron chi connectivity index (χ2n) is 6.43. The molecule has 1 fully saturated rings. The van der Waals surface area contributed by atoms with E-state index < -0.39 is 11.0 Å². The molecule has 5 heteroatoms. The molecule has 1 heterocycles. The maximum Gasteiger partial charge on any atom is 0.224 e. The fourth-order valence-corrected chi connectivity index (χ4v) is 4.45. The molecule has 25 heavy (non-hydrogen) atoms. The monoisotopic (exact) mass is 356 g/mol. The number of nitrogens with zero attached hydrogens (tertiary/aromatic N) is 1. The van der Waals surface area contributed by atoms with Gasteiger partial charge in [0.05, 0.1) is 16.9 Å². The average molecular weight is 356 g/mol. The zero-order chi connectivity index (χ0) is 17.6. The molecule has 3 rings (SSSR count). The third kappa shape index (κ3) is 4.55. The summed E-state index contributed by atoms with van der Waals surface area (Å²) in [5, 5.41) is 3.10. The zero-order valence-electron chi connectivity index (χ0n) is 14.4. The smallest absolute Gasteiger partial charge is 0.224 e. The first-order valence-electron chi connectivity index (χ1n) is 8.72. The van der Waals surface area contributed by atoms with Crippen LogP contribution in [0, 0.1) is 5.92 Å². The maximum absolute atomic E-state index is 12.7. The van der Waals surface area contributed by atoms with E-state index in [1.165, 1.54) is 0 Å². The van der Waals surface area contributed by atoms with Crippen molar-refractivity contribution in [3.63, 3.8) is 0 Å². The number of rotatable bonds is 5. The summed E-state index contributed by atoms with van der Waals surface area (Å²) < 4.78 is 14.6. The molecular weight excluding hydrogens is 332 g/mol. The van der Waals surface area contributed by atoms with Gasteiger partial charge in [-0.3, -0.25) is 4.79 Å². The van der Waals surface area contributed by atoms with Gasteiger partial charge in [-0.15, -0.1) is 0 Å². The van der Waals surface area contributed by atoms with Crippen molar-refractivity contribution in [1.29, 1.82) is 0 Å². The second-order valence-corrected chi connectivity index (χ2v) is 7.92. The Kier molecular flexibility index (Phi) is 6.00. The molecule has 0 aliphatic carbocycles. The van der Waals surface area contributed by atoms with Gasteiger partial charge in [0.15, 0.2) is 0 Å². The lowest BCUT2D eigenvalue weighted by Crippen LogP contribution is -2.44. The molecular formula is C20H24N2O2S. The molecule has 0 spiro atoms. The fraction of sp³-hybridized carbons (Fsp3) is 0.350. The van der Waals surface area contributed by atoms with E-state index >= 15 is 0 Å². The lowest BCUT2D eigenvalue weighted by atomic mass is 9.98. The fourth-order valence-electron chi connectivity index (χ4n) is 3.15. The molecule has 132 valence electrons. The Labute approximate surface area is 151 Å². The highest BCUT2D eigenvalue weighted by Gasteiger charge is 2.29. The highest BCUT2D eigenvalue weighted by Crippen LogP contribution is 2.22. The van der Waals surface area contributed by atoms with Gasteiger partial charge < -0.3 is 5.32 Å². The first kappa shape index (κ1) is 17.8. The second kappa shape index (κ2) is 8.41. The van der Waals surface area contributed by atoms with E-state index in [2.05, 4.69) is 5.32 Å². The summed E-state index contributed by atoms with van der Waals surface area (Å²) in [5.41, 5.74) is 1.09. The minimum atomic E-state index is -1.20. The number of carbonyl (C=O) groups excluding carboxylic acids is 1. The molecule has 0 saturated carbocycles. The van der Waals surface area contributed by atoms with Crippen LogP contribution in [0.25, 0.3) is 0 Å². The molecule has 0 bridgehead atoms. The first-order valence-corrected chi connectivity index (χ1v) is 9.83. The number of hydrogen-bond donors (Lipinski definition) is 1. The normalized spacial score (nSPS) is 20.6. The molecule has 1 N–H and O–H groups in total. The molecule has 2 aromatic carbocycles. The summed E-state index contributed by atoms with van der Waals surface area (Å²) in [4.78, 5) is 13.4. The number of amides is 1. The van der Waals surface area contributed by atoms with E-state index in [9.17, 15) is 9.00 Å². The van der Waals surface area contributed by atoms with Crippen molar-refractivity contribution >= 4 is 16.9 Å². The number of nitrogens with one attached hydrogen (secondary N) is 1. The molecule has 4 nitrogen and oxygen atoms in total. The Morgan fingerprint density at radius 3 is 2.44 bits per heavy atom. The first-order chi connectivity index (χ1) is 12.1. The van der Waals surface area contributed by atoms with E-state index in [-0.39, 0.29) is 17.9 Å². The van der Waals surface area contributed by atoms with Gasteiger partial charge in [-0.1, -0.05) is 48.5 Å². The summed E-state index contributed by atoms with van der Waals surface area (Å²) in [6.45, 7) is 3.30. The van der Waals surface area contributed by atoms with Crippen LogP contribution in [0.15, 0.2) is 65.6 Å². The number of carbonyl (C=O) groups is 1. The average Bonchev–Trinajstić information content (AvgIpc) is 2.68. The zero-order valence-corrected chi connectivity index (χ0v) is 15.2. The standard InChI is InChI=1S/C20H24N2O2S/c1-16(17-9-4-2-5-10-17)21-20(23)18-11-8-14-22(15-18)25(24)19-12-6-3-7-13-19/h2-7,9-10,12-13,16,18H,8,11,14-15H2,1H3,(H,21,23). The molecule has 2 aromatic rings. The van der Waals surface area contributed by atoms with Gasteiger partial charge >= 0.3 is 0 Å². The van der Waals surface area contributed by atoms with Crippen molar-refractivity contribution in [2.75, 3.05) is 13.1 Å². The topological polar surface area (TPSA) is 49.4 Å². The van der Waals surface area contributed by atoms with Gasteiger partial charge in [0.1, 0.15) is 11.0 Å². The molecule has 1 amide bonds. The van der Waals surface area contributed by atoms with Crippen LogP contribution in [0.5, 0.6) is 0 Å². The Balaban J connectivity index is 1.61. The Morgan fingerprint density at radius 1 is 1.12 bits per heavy atom. The number of benzene rings is 2. The molecule has 3 atom stereocenters. The van der Waals surface area contributed by atoms with Crippen LogP contribution >= 0.6 is 0 Å². The summed E-state index contributed by atoms with van der Waals surface area (Å²) in [6.07, 6.45) is 1.73. The van der Waals surface area contributed by atoms with Crippen LogP contribution < -0.4 is 5.32 Å². The lowest BCUT2D eigenvalue weighted by molar-refractivity contribution is -0.126. The van der Waals surface area contributed by atoms with Crippen molar-refractivity contribution in [3.8, 4) is 0 Å². The van der Waals surface area contributed by atoms with Gasteiger partial charge in [0.2, 0.25) is 5.91 Å². The van der Waals surface area contributed by atoms with Gasteiger partial charge in [0.25, 0.3) is 0 Å². The minimum Gasteiger partial charge on any atom is -0.349 e. The Hall–Kier alpha value is -1.98. The largest absolute Gasteiger partial charge is 0.349 e. The summed E-state index contributed by atoms with van der Waals surface area (Å²) >= 11 is 0. The minimum absolute atomic E-state index is 0.0244. The molecule has 0 aromatic heterocycles. The molecule has 3 unspecified atom stereocenters. The van der Waals surface area contributed by atoms with Crippen LogP contribution in [0.4, 0.5) is 0 Å². The lowest BCUT2D eigenvalue weighted by Gasteiger charge is -2.31. The molecule has 1 saturated heterocycles. The van der Waals surface area contributed by atoms with Crippen LogP contribution in [0.3, 0.4) is 0 Å². The number of hydrogen-bond acceptors (Lipinski definition) is 2. The maximum atomic E-state index is 12.7. The third-order valence-corrected chi connectivity index (χ3v) is 6.07. The highest BCUT2D eigenvalue weighted by molar-refractivity contribution is 7.82. The van der Waals surface area contributed by atoms with Crippen LogP contribution in [0.2, 0.25) is 0 Å². The van der Waals surface area contributed by atoms with E-state index in [0.29, 0.717) is 6.54 Å². The van der Waals surface area contributed by atoms with Crippen molar-refractivity contribution in [2.45, 2.75) is 30.7 Å². The summed E-state index contributed by atoms with van der Waals surface area (Å²) in [5.74, 6) is -0.0707. The van der Waals surface area contributed by atoms with Gasteiger partial charge in [0, 0.05) is 13.1 Å². The molecule has 0 radical (unpaired) electrons.